The maximum Gasteiger partial charge on any atom is 0.183 e. The number of aryl methyl sites for hydroxylation is 1. The summed E-state index contributed by atoms with van der Waals surface area (Å²) in [5.41, 5.74) is 4.54. The fourth-order valence-corrected chi connectivity index (χ4v) is 3.38. The van der Waals surface area contributed by atoms with Crippen LogP contribution in [0.15, 0.2) is 30.3 Å². The first-order valence-corrected chi connectivity index (χ1v) is 8.52. The molecule has 0 atom stereocenters. The molecule has 0 aliphatic carbocycles. The van der Waals surface area contributed by atoms with E-state index in [2.05, 4.69) is 40.3 Å². The van der Waals surface area contributed by atoms with Crippen LogP contribution >= 0.6 is 11.3 Å². The van der Waals surface area contributed by atoms with Crippen LogP contribution in [0.2, 0.25) is 0 Å². The van der Waals surface area contributed by atoms with Crippen LogP contribution in [0.4, 0.5) is 0 Å². The van der Waals surface area contributed by atoms with Crippen molar-refractivity contribution in [3.8, 4) is 22.1 Å². The number of aromatic amines is 1. The van der Waals surface area contributed by atoms with Crippen LogP contribution in [-0.2, 0) is 6.42 Å². The molecule has 0 fully saturated rings. The van der Waals surface area contributed by atoms with Gasteiger partial charge in [-0.05, 0) is 6.42 Å². The van der Waals surface area contributed by atoms with Gasteiger partial charge in [-0.25, -0.2) is 19.9 Å². The quantitative estimate of drug-likeness (QED) is 0.531. The lowest BCUT2D eigenvalue weighted by molar-refractivity contribution is 1.01. The number of H-pyrrole nitrogens is 1. The van der Waals surface area contributed by atoms with E-state index in [1.807, 2.05) is 16.7 Å². The molecule has 0 spiro atoms. The van der Waals surface area contributed by atoms with Crippen molar-refractivity contribution in [2.24, 2.45) is 0 Å². The average molecular weight is 349 g/mol. The van der Waals surface area contributed by atoms with Gasteiger partial charge in [-0.15, -0.1) is 21.5 Å². The van der Waals surface area contributed by atoms with Crippen molar-refractivity contribution in [3.63, 3.8) is 0 Å². The number of hydrogen-bond acceptors (Lipinski definition) is 8. The first-order chi connectivity index (χ1) is 12.3. The Hall–Kier alpha value is -3.27. The van der Waals surface area contributed by atoms with Crippen molar-refractivity contribution in [1.82, 2.24) is 44.7 Å². The van der Waals surface area contributed by atoms with Gasteiger partial charge in [-0.1, -0.05) is 6.92 Å². The molecule has 10 heteroatoms. The largest absolute Gasteiger partial charge is 0.275 e. The third-order valence-corrected chi connectivity index (χ3v) is 4.71. The first-order valence-electron chi connectivity index (χ1n) is 7.64. The fourth-order valence-electron chi connectivity index (χ4n) is 2.74. The first kappa shape index (κ1) is 14.1. The van der Waals surface area contributed by atoms with E-state index < -0.39 is 0 Å². The standard InChI is InChI=1S/C15H11N9S/c1-2-9-14-23-19-7-24(14)10-6-17-12(21-13(10)20-9)8-5-18-22-11(8)15-16-3-4-25-15/h3-7H,2H2,1H3,(H,18,22). The molecule has 0 saturated carbocycles. The van der Waals surface area contributed by atoms with Gasteiger partial charge in [-0.2, -0.15) is 5.10 Å². The summed E-state index contributed by atoms with van der Waals surface area (Å²) in [5.74, 6) is 0.549. The summed E-state index contributed by atoms with van der Waals surface area (Å²) in [6, 6.07) is 0. The molecule has 0 unspecified atom stereocenters. The van der Waals surface area contributed by atoms with Crippen molar-refractivity contribution in [2.45, 2.75) is 13.3 Å². The predicted molar refractivity (Wildman–Crippen MR) is 91.9 cm³/mol. The lowest BCUT2D eigenvalue weighted by Gasteiger charge is -2.05. The van der Waals surface area contributed by atoms with Crippen molar-refractivity contribution in [3.05, 3.63) is 36.0 Å². The molecule has 1 N–H and O–H groups in total. The average Bonchev–Trinajstić information content (AvgIpc) is 3.40. The number of thiazole rings is 1. The van der Waals surface area contributed by atoms with Crippen LogP contribution < -0.4 is 0 Å². The smallest absolute Gasteiger partial charge is 0.183 e. The highest BCUT2D eigenvalue weighted by atomic mass is 32.1. The van der Waals surface area contributed by atoms with E-state index in [4.69, 9.17) is 0 Å². The Bertz CT molecular complexity index is 1190. The van der Waals surface area contributed by atoms with Crippen LogP contribution in [0.5, 0.6) is 0 Å². The Morgan fingerprint density at radius 1 is 1.20 bits per heavy atom. The number of aromatic nitrogens is 9. The minimum atomic E-state index is 0.549. The van der Waals surface area contributed by atoms with Gasteiger partial charge in [0.25, 0.3) is 0 Å². The van der Waals surface area contributed by atoms with Gasteiger partial charge in [0, 0.05) is 11.6 Å². The second-order valence-electron chi connectivity index (χ2n) is 5.33. The van der Waals surface area contributed by atoms with E-state index in [0.29, 0.717) is 11.5 Å². The molecule has 0 aliphatic rings. The van der Waals surface area contributed by atoms with E-state index in [1.54, 1.807) is 24.9 Å². The van der Waals surface area contributed by atoms with Gasteiger partial charge in [-0.3, -0.25) is 9.50 Å². The molecule has 0 bridgehead atoms. The molecule has 0 aromatic carbocycles. The van der Waals surface area contributed by atoms with E-state index in [0.717, 1.165) is 39.5 Å². The highest BCUT2D eigenvalue weighted by Gasteiger charge is 2.17. The van der Waals surface area contributed by atoms with E-state index in [9.17, 15) is 0 Å². The predicted octanol–water partition coefficient (Wildman–Crippen LogP) is 2.14. The van der Waals surface area contributed by atoms with Gasteiger partial charge in [0.05, 0.1) is 23.7 Å². The molecule has 25 heavy (non-hydrogen) atoms. The fraction of sp³-hybridized carbons (Fsp3) is 0.133. The SMILES string of the molecule is CCc1nc2nc(-c3cn[nH]c3-c3nccs3)ncc2n2cnnc12. The zero-order chi connectivity index (χ0) is 16.8. The topological polar surface area (TPSA) is 110 Å². The van der Waals surface area contributed by atoms with Gasteiger partial charge >= 0.3 is 0 Å². The summed E-state index contributed by atoms with van der Waals surface area (Å²) >= 11 is 1.53. The summed E-state index contributed by atoms with van der Waals surface area (Å²) < 4.78 is 1.86. The van der Waals surface area contributed by atoms with E-state index in [-0.39, 0.29) is 0 Å². The number of fused-ring (bicyclic) bond motifs is 3. The minimum absolute atomic E-state index is 0.549. The summed E-state index contributed by atoms with van der Waals surface area (Å²) in [4.78, 5) is 18.1. The van der Waals surface area contributed by atoms with Gasteiger partial charge in [0.2, 0.25) is 0 Å². The molecule has 5 rings (SSSR count). The third kappa shape index (κ3) is 2.11. The Kier molecular flexibility index (Phi) is 3.04. The van der Waals surface area contributed by atoms with Crippen LogP contribution in [0.25, 0.3) is 38.9 Å². The Labute approximate surface area is 144 Å². The van der Waals surface area contributed by atoms with Crippen LogP contribution in [-0.4, -0.2) is 44.7 Å². The van der Waals surface area contributed by atoms with Crippen LogP contribution in [0.3, 0.4) is 0 Å². The highest BCUT2D eigenvalue weighted by Crippen LogP contribution is 2.29. The van der Waals surface area contributed by atoms with Gasteiger partial charge in [0.15, 0.2) is 17.1 Å². The van der Waals surface area contributed by atoms with Crippen molar-refractivity contribution in [1.29, 1.82) is 0 Å². The molecule has 0 radical (unpaired) electrons. The van der Waals surface area contributed by atoms with Crippen molar-refractivity contribution >= 4 is 28.1 Å². The highest BCUT2D eigenvalue weighted by molar-refractivity contribution is 7.13. The molecular weight excluding hydrogens is 338 g/mol. The number of rotatable bonds is 3. The summed E-state index contributed by atoms with van der Waals surface area (Å²) in [6.45, 7) is 2.03. The Morgan fingerprint density at radius 3 is 3.00 bits per heavy atom. The van der Waals surface area contributed by atoms with Crippen molar-refractivity contribution in [2.75, 3.05) is 0 Å². The number of nitrogens with one attached hydrogen (secondary N) is 1. The van der Waals surface area contributed by atoms with Gasteiger partial charge in [0.1, 0.15) is 22.5 Å². The molecular formula is C15H11N9S. The molecule has 0 saturated heterocycles. The van der Waals surface area contributed by atoms with Crippen molar-refractivity contribution < 1.29 is 0 Å². The Balaban J connectivity index is 1.74. The summed E-state index contributed by atoms with van der Waals surface area (Å²) in [7, 11) is 0. The summed E-state index contributed by atoms with van der Waals surface area (Å²) in [5, 5.41) is 18.0. The lowest BCUT2D eigenvalue weighted by atomic mass is 10.2. The Morgan fingerprint density at radius 2 is 2.16 bits per heavy atom. The number of nitrogens with zero attached hydrogens (tertiary/aromatic N) is 8. The lowest BCUT2D eigenvalue weighted by Crippen LogP contribution is -2.01. The molecule has 0 aliphatic heterocycles. The maximum atomic E-state index is 4.64. The second kappa shape index (κ2) is 5.38. The number of hydrogen-bond donors (Lipinski definition) is 1. The normalized spacial score (nSPS) is 11.6. The molecule has 5 aromatic heterocycles. The van der Waals surface area contributed by atoms with Gasteiger partial charge < -0.3 is 0 Å². The molecule has 122 valence electrons. The monoisotopic (exact) mass is 349 g/mol. The third-order valence-electron chi connectivity index (χ3n) is 3.92. The maximum absolute atomic E-state index is 4.64. The zero-order valence-corrected chi connectivity index (χ0v) is 13.9. The van der Waals surface area contributed by atoms with Crippen LogP contribution in [0.1, 0.15) is 12.6 Å². The summed E-state index contributed by atoms with van der Waals surface area (Å²) in [6.07, 6.45) is 7.59. The van der Waals surface area contributed by atoms with E-state index in [1.165, 1.54) is 11.3 Å². The molecule has 5 aromatic rings. The molecule has 9 nitrogen and oxygen atoms in total. The molecule has 5 heterocycles. The zero-order valence-electron chi connectivity index (χ0n) is 13.1. The molecule has 0 amide bonds. The second-order valence-corrected chi connectivity index (χ2v) is 6.23. The van der Waals surface area contributed by atoms with E-state index >= 15 is 0 Å². The van der Waals surface area contributed by atoms with Crippen LogP contribution in [0, 0.1) is 0 Å². The minimum Gasteiger partial charge on any atom is -0.275 e.